The van der Waals surface area contributed by atoms with Crippen LogP contribution in [0.4, 0.5) is 0 Å². The third kappa shape index (κ3) is 4.74. The highest BCUT2D eigenvalue weighted by molar-refractivity contribution is 5.89. The molecule has 0 aromatic heterocycles. The fraction of sp³-hybridized carbons (Fsp3) is 0.941. The van der Waals surface area contributed by atoms with Gasteiger partial charge in [-0.3, -0.25) is 24.3 Å². The maximum atomic E-state index is 13.3. The van der Waals surface area contributed by atoms with Crippen molar-refractivity contribution in [1.29, 1.82) is 0 Å². The average Bonchev–Trinajstić information content (AvgIpc) is 2.61. The second kappa shape index (κ2) is 9.79. The molecule has 2 saturated heterocycles. The van der Waals surface area contributed by atoms with E-state index in [-0.39, 0.29) is 12.1 Å². The lowest BCUT2D eigenvalue weighted by Crippen LogP contribution is -2.64. The summed E-state index contributed by atoms with van der Waals surface area (Å²) in [4.78, 5) is 29.2. The summed E-state index contributed by atoms with van der Waals surface area (Å²) in [6.07, 6.45) is 0. The van der Waals surface area contributed by atoms with Crippen molar-refractivity contribution < 1.29 is 14.5 Å². The van der Waals surface area contributed by atoms with Gasteiger partial charge in [0.15, 0.2) is 5.78 Å². The summed E-state index contributed by atoms with van der Waals surface area (Å²) in [5.41, 5.74) is 0. The molecule has 2 atom stereocenters. The molecule has 7 nitrogen and oxygen atoms in total. The maximum absolute atomic E-state index is 13.3. The van der Waals surface area contributed by atoms with Crippen LogP contribution in [0.15, 0.2) is 0 Å². The summed E-state index contributed by atoms with van der Waals surface area (Å²) in [5.74, 6) is 0.299. The summed E-state index contributed by atoms with van der Waals surface area (Å²) in [5, 5.41) is 3.91. The molecule has 7 heteroatoms. The molecule has 2 rings (SSSR count). The van der Waals surface area contributed by atoms with E-state index in [2.05, 4.69) is 23.6 Å². The predicted molar refractivity (Wildman–Crippen MR) is 93.5 cm³/mol. The van der Waals surface area contributed by atoms with Gasteiger partial charge >= 0.3 is 0 Å². The average molecular weight is 342 g/mol. The van der Waals surface area contributed by atoms with Crippen LogP contribution < -0.4 is 0 Å². The number of carbonyl (C=O) groups excluding carboxylic acids is 1. The minimum atomic E-state index is -0.101. The Balaban J connectivity index is 2.09. The minimum absolute atomic E-state index is 0.101. The van der Waals surface area contributed by atoms with E-state index in [1.165, 1.54) is 0 Å². The normalized spacial score (nSPS) is 28.3. The van der Waals surface area contributed by atoms with Crippen molar-refractivity contribution in [2.45, 2.75) is 39.8 Å². The predicted octanol–water partition coefficient (Wildman–Crippen LogP) is 0.471. The lowest BCUT2D eigenvalue weighted by molar-refractivity contribution is -0.197. The first-order valence-electron chi connectivity index (χ1n) is 9.42. The lowest BCUT2D eigenvalue weighted by Gasteiger charge is -2.44. The molecule has 0 amide bonds. The summed E-state index contributed by atoms with van der Waals surface area (Å²) in [7, 11) is 0. The zero-order valence-corrected chi connectivity index (χ0v) is 15.7. The number of hydrogen-bond donors (Lipinski definition) is 0. The monoisotopic (exact) mass is 342 g/mol. The van der Waals surface area contributed by atoms with Gasteiger partial charge in [0.05, 0.1) is 25.3 Å². The number of nitrogens with zero attached hydrogens (tertiary/aromatic N) is 4. The summed E-state index contributed by atoms with van der Waals surface area (Å²) >= 11 is 0. The van der Waals surface area contributed by atoms with Gasteiger partial charge in [-0.15, -0.1) is 0 Å². The van der Waals surface area contributed by atoms with Gasteiger partial charge in [0, 0.05) is 39.3 Å². The second-order valence-electron chi connectivity index (χ2n) is 6.30. The summed E-state index contributed by atoms with van der Waals surface area (Å²) in [6.45, 7) is 16.1. The molecule has 0 saturated carbocycles. The quantitative estimate of drug-likeness (QED) is 0.635. The number of hydrogen-bond acceptors (Lipinski definition) is 7. The van der Waals surface area contributed by atoms with E-state index in [4.69, 9.17) is 9.68 Å². The van der Waals surface area contributed by atoms with E-state index in [1.807, 2.05) is 24.0 Å². The van der Waals surface area contributed by atoms with E-state index in [0.29, 0.717) is 32.1 Å². The van der Waals surface area contributed by atoms with E-state index in [0.717, 1.165) is 39.3 Å². The Hall–Kier alpha value is -0.570. The number of ketones is 1. The minimum Gasteiger partial charge on any atom is -0.299 e. The van der Waals surface area contributed by atoms with Crippen molar-refractivity contribution in [3.8, 4) is 0 Å². The van der Waals surface area contributed by atoms with Gasteiger partial charge in [0.2, 0.25) is 0 Å². The van der Waals surface area contributed by atoms with E-state index in [9.17, 15) is 4.79 Å². The molecule has 0 aromatic rings. The zero-order valence-electron chi connectivity index (χ0n) is 15.7. The Morgan fingerprint density at radius 1 is 0.792 bits per heavy atom. The Kier molecular flexibility index (Phi) is 8.06. The largest absolute Gasteiger partial charge is 0.299 e. The number of likely N-dealkylation sites (N-methyl/N-ethyl adjacent to an activating group) is 2. The number of piperazine rings is 2. The first kappa shape index (κ1) is 19.8. The Bertz CT molecular complexity index is 362. The summed E-state index contributed by atoms with van der Waals surface area (Å²) in [6, 6.07) is -0.202. The number of rotatable bonds is 8. The molecule has 0 aliphatic carbocycles. The van der Waals surface area contributed by atoms with Crippen LogP contribution in [-0.4, -0.2) is 103 Å². The van der Waals surface area contributed by atoms with Crippen molar-refractivity contribution in [2.24, 2.45) is 0 Å². The van der Waals surface area contributed by atoms with Crippen molar-refractivity contribution in [3.05, 3.63) is 0 Å². The van der Waals surface area contributed by atoms with Crippen LogP contribution in [0.3, 0.4) is 0 Å². The molecule has 0 aromatic carbocycles. The van der Waals surface area contributed by atoms with E-state index in [1.54, 1.807) is 0 Å². The first-order chi connectivity index (χ1) is 11.6. The van der Waals surface area contributed by atoms with Gasteiger partial charge < -0.3 is 0 Å². The topological polar surface area (TPSA) is 48.5 Å². The molecule has 0 radical (unpaired) electrons. The number of hydroxylamine groups is 4. The smallest absolute Gasteiger partial charge is 0.169 e. The van der Waals surface area contributed by atoms with Gasteiger partial charge in [-0.2, -0.15) is 10.1 Å². The van der Waals surface area contributed by atoms with Crippen LogP contribution in [0, 0.1) is 0 Å². The molecule has 0 spiro atoms. The molecule has 2 fully saturated rings. The van der Waals surface area contributed by atoms with Gasteiger partial charge in [-0.1, -0.05) is 13.8 Å². The highest BCUT2D eigenvalue weighted by Crippen LogP contribution is 2.18. The molecular weight excluding hydrogens is 308 g/mol. The highest BCUT2D eigenvalue weighted by atomic mass is 16.7. The van der Waals surface area contributed by atoms with Gasteiger partial charge in [0.25, 0.3) is 0 Å². The molecular formula is C17H34N4O3. The van der Waals surface area contributed by atoms with Crippen LogP contribution in [0.25, 0.3) is 0 Å². The maximum Gasteiger partial charge on any atom is 0.169 e. The lowest BCUT2D eigenvalue weighted by atomic mass is 9.98. The van der Waals surface area contributed by atoms with Crippen molar-refractivity contribution in [3.63, 3.8) is 0 Å². The molecule has 0 N–H and O–H groups in total. The van der Waals surface area contributed by atoms with Gasteiger partial charge in [-0.25, -0.2) is 0 Å². The fourth-order valence-electron chi connectivity index (χ4n) is 3.71. The Morgan fingerprint density at radius 3 is 1.54 bits per heavy atom. The van der Waals surface area contributed by atoms with Crippen LogP contribution in [0.2, 0.25) is 0 Å². The van der Waals surface area contributed by atoms with Crippen LogP contribution in [0.5, 0.6) is 0 Å². The third-order valence-electron chi connectivity index (χ3n) is 5.00. The second-order valence-corrected chi connectivity index (χ2v) is 6.30. The molecule has 2 heterocycles. The first-order valence-corrected chi connectivity index (χ1v) is 9.42. The SMILES string of the molecule is CCON1CCN(CC)C(C(=O)C2CN(OCC)CCN2CC)C1. The third-order valence-corrected chi connectivity index (χ3v) is 5.00. The Morgan fingerprint density at radius 2 is 1.21 bits per heavy atom. The molecule has 140 valence electrons. The van der Waals surface area contributed by atoms with Gasteiger partial charge in [-0.05, 0) is 26.9 Å². The van der Waals surface area contributed by atoms with Crippen LogP contribution in [-0.2, 0) is 14.5 Å². The molecule has 0 bridgehead atoms. The van der Waals surface area contributed by atoms with Crippen molar-refractivity contribution in [1.82, 2.24) is 19.9 Å². The van der Waals surface area contributed by atoms with Crippen LogP contribution in [0.1, 0.15) is 27.7 Å². The molecule has 2 aliphatic rings. The van der Waals surface area contributed by atoms with Crippen LogP contribution >= 0.6 is 0 Å². The number of Topliss-reactive ketones (excluding diaryl/α,β-unsaturated/α-hetero) is 1. The molecule has 24 heavy (non-hydrogen) atoms. The Labute approximate surface area is 146 Å². The molecule has 2 aliphatic heterocycles. The molecule has 2 unspecified atom stereocenters. The number of carbonyl (C=O) groups is 1. The highest BCUT2D eigenvalue weighted by Gasteiger charge is 2.40. The van der Waals surface area contributed by atoms with Crippen molar-refractivity contribution >= 4 is 5.78 Å². The zero-order chi connectivity index (χ0) is 17.5. The standard InChI is InChI=1S/C17H34N4O3/c1-5-18-9-11-20(23-7-3)13-15(18)17(22)16-14-21(24-8-4)12-10-19(16)6-2/h15-16H,5-14H2,1-4H3. The van der Waals surface area contributed by atoms with E-state index < -0.39 is 0 Å². The fourth-order valence-corrected chi connectivity index (χ4v) is 3.71. The summed E-state index contributed by atoms with van der Waals surface area (Å²) < 4.78 is 0. The van der Waals surface area contributed by atoms with Crippen molar-refractivity contribution in [2.75, 3.05) is 65.6 Å². The van der Waals surface area contributed by atoms with E-state index >= 15 is 0 Å². The van der Waals surface area contributed by atoms with Gasteiger partial charge in [0.1, 0.15) is 0 Å².